The van der Waals surface area contributed by atoms with E-state index in [1.165, 1.54) is 0 Å². The molecular weight excluding hydrogens is 268 g/mol. The van der Waals surface area contributed by atoms with Crippen LogP contribution in [0.2, 0.25) is 0 Å². The number of aromatic nitrogens is 1. The van der Waals surface area contributed by atoms with E-state index in [-0.39, 0.29) is 5.91 Å². The van der Waals surface area contributed by atoms with Crippen molar-refractivity contribution in [2.75, 3.05) is 0 Å². The van der Waals surface area contributed by atoms with Crippen molar-refractivity contribution in [1.82, 2.24) is 9.71 Å². The van der Waals surface area contributed by atoms with Crippen molar-refractivity contribution >= 4 is 29.5 Å². The Morgan fingerprint density at radius 1 is 1.05 bits per heavy atom. The van der Waals surface area contributed by atoms with Gasteiger partial charge in [0.05, 0.1) is 0 Å². The maximum atomic E-state index is 11.5. The Labute approximate surface area is 122 Å². The Kier molecular flexibility index (Phi) is 3.39. The minimum atomic E-state index is -0.206. The zero-order valence-corrected chi connectivity index (χ0v) is 11.5. The topological polar surface area (TPSA) is 42.0 Å². The lowest BCUT2D eigenvalue weighted by Crippen LogP contribution is -2.11. The van der Waals surface area contributed by atoms with Crippen LogP contribution in [0.1, 0.15) is 10.4 Å². The standard InChI is InChI=1S/C16H12N2OS/c19-16(18-20)12-6-4-11(5-7-12)14-3-1-2-13-10-17-9-8-15(13)14/h1-10,20H,(H,18,19). The lowest BCUT2D eigenvalue weighted by molar-refractivity contribution is 0.0985. The molecule has 0 aliphatic carbocycles. The number of thiol groups is 1. The summed E-state index contributed by atoms with van der Waals surface area (Å²) in [5.74, 6) is -0.206. The highest BCUT2D eigenvalue weighted by atomic mass is 32.1. The molecule has 4 heteroatoms. The van der Waals surface area contributed by atoms with Gasteiger partial charge in [-0.15, -0.1) is 0 Å². The number of rotatable bonds is 2. The Balaban J connectivity index is 2.09. The van der Waals surface area contributed by atoms with Crippen molar-refractivity contribution in [3.8, 4) is 11.1 Å². The molecule has 0 saturated heterocycles. The second-order valence-electron chi connectivity index (χ2n) is 4.42. The fraction of sp³-hybridized carbons (Fsp3) is 0. The van der Waals surface area contributed by atoms with Crippen LogP contribution in [0.15, 0.2) is 60.9 Å². The summed E-state index contributed by atoms with van der Waals surface area (Å²) >= 11 is 3.76. The summed E-state index contributed by atoms with van der Waals surface area (Å²) in [6.45, 7) is 0. The smallest absolute Gasteiger partial charge is 0.260 e. The molecule has 1 N–H and O–H groups in total. The molecule has 0 unspecified atom stereocenters. The summed E-state index contributed by atoms with van der Waals surface area (Å²) < 4.78 is 2.32. The number of pyridine rings is 1. The van der Waals surface area contributed by atoms with Gasteiger partial charge in [0.1, 0.15) is 0 Å². The van der Waals surface area contributed by atoms with Crippen LogP contribution >= 0.6 is 12.8 Å². The summed E-state index contributed by atoms with van der Waals surface area (Å²) in [5, 5.41) is 2.25. The van der Waals surface area contributed by atoms with E-state index in [2.05, 4.69) is 28.6 Å². The molecule has 1 aromatic heterocycles. The van der Waals surface area contributed by atoms with E-state index in [0.717, 1.165) is 21.9 Å². The Bertz CT molecular complexity index is 764. The van der Waals surface area contributed by atoms with Crippen LogP contribution in [0, 0.1) is 0 Å². The van der Waals surface area contributed by atoms with Crippen LogP contribution in [0.5, 0.6) is 0 Å². The molecule has 1 amide bonds. The molecule has 0 fully saturated rings. The molecule has 20 heavy (non-hydrogen) atoms. The molecule has 0 aliphatic rings. The Hall–Kier alpha value is -2.33. The second-order valence-corrected chi connectivity index (χ2v) is 4.64. The number of nitrogens with zero attached hydrogens (tertiary/aromatic N) is 1. The van der Waals surface area contributed by atoms with Crippen LogP contribution < -0.4 is 4.72 Å². The molecule has 3 nitrogen and oxygen atoms in total. The van der Waals surface area contributed by atoms with Crippen molar-refractivity contribution in [1.29, 1.82) is 0 Å². The van der Waals surface area contributed by atoms with Crippen molar-refractivity contribution in [2.24, 2.45) is 0 Å². The van der Waals surface area contributed by atoms with Gasteiger partial charge in [0.25, 0.3) is 5.91 Å². The summed E-state index contributed by atoms with van der Waals surface area (Å²) in [6, 6.07) is 15.6. The van der Waals surface area contributed by atoms with Gasteiger partial charge in [-0.1, -0.05) is 43.1 Å². The van der Waals surface area contributed by atoms with Gasteiger partial charge >= 0.3 is 0 Å². The van der Waals surface area contributed by atoms with Crippen molar-refractivity contribution in [3.05, 3.63) is 66.5 Å². The van der Waals surface area contributed by atoms with E-state index in [1.54, 1.807) is 18.3 Å². The van der Waals surface area contributed by atoms with Gasteiger partial charge in [0.2, 0.25) is 0 Å². The molecule has 3 aromatic rings. The molecule has 0 radical (unpaired) electrons. The normalized spacial score (nSPS) is 10.4. The van der Waals surface area contributed by atoms with E-state index in [0.29, 0.717) is 5.56 Å². The number of fused-ring (bicyclic) bond motifs is 1. The maximum Gasteiger partial charge on any atom is 0.260 e. The van der Waals surface area contributed by atoms with Gasteiger partial charge in [-0.3, -0.25) is 14.5 Å². The zero-order valence-electron chi connectivity index (χ0n) is 10.6. The first-order valence-corrected chi connectivity index (χ1v) is 6.62. The van der Waals surface area contributed by atoms with Gasteiger partial charge in [0, 0.05) is 23.3 Å². The molecule has 0 saturated carbocycles. The largest absolute Gasteiger partial charge is 0.299 e. The monoisotopic (exact) mass is 280 g/mol. The number of carbonyl (C=O) groups is 1. The predicted octanol–water partition coefficient (Wildman–Crippen LogP) is 3.48. The zero-order chi connectivity index (χ0) is 13.9. The molecule has 3 rings (SSSR count). The highest BCUT2D eigenvalue weighted by Gasteiger charge is 2.06. The van der Waals surface area contributed by atoms with Crippen molar-refractivity contribution in [3.63, 3.8) is 0 Å². The second kappa shape index (κ2) is 5.35. The van der Waals surface area contributed by atoms with E-state index < -0.39 is 0 Å². The van der Waals surface area contributed by atoms with Gasteiger partial charge in [-0.25, -0.2) is 0 Å². The van der Waals surface area contributed by atoms with Gasteiger partial charge in [0.15, 0.2) is 0 Å². The Morgan fingerprint density at radius 2 is 1.85 bits per heavy atom. The first-order valence-electron chi connectivity index (χ1n) is 6.17. The number of hydrogen-bond acceptors (Lipinski definition) is 3. The number of carbonyl (C=O) groups excluding carboxylic acids is 1. The number of amides is 1. The third kappa shape index (κ3) is 2.26. The van der Waals surface area contributed by atoms with Crippen molar-refractivity contribution in [2.45, 2.75) is 0 Å². The lowest BCUT2D eigenvalue weighted by Gasteiger charge is -2.07. The fourth-order valence-corrected chi connectivity index (χ4v) is 2.37. The average molecular weight is 280 g/mol. The molecule has 98 valence electrons. The summed E-state index contributed by atoms with van der Waals surface area (Å²) in [4.78, 5) is 15.6. The first kappa shape index (κ1) is 12.7. The highest BCUT2D eigenvalue weighted by Crippen LogP contribution is 2.28. The van der Waals surface area contributed by atoms with Crippen LogP contribution in [0.4, 0.5) is 0 Å². The average Bonchev–Trinajstić information content (AvgIpc) is 2.54. The molecular formula is C16H12N2OS. The molecule has 0 bridgehead atoms. The van der Waals surface area contributed by atoms with E-state index in [4.69, 9.17) is 0 Å². The van der Waals surface area contributed by atoms with Crippen LogP contribution in [-0.2, 0) is 0 Å². The first-order chi connectivity index (χ1) is 9.79. The molecule has 0 atom stereocenters. The van der Waals surface area contributed by atoms with E-state index >= 15 is 0 Å². The van der Waals surface area contributed by atoms with E-state index in [9.17, 15) is 4.79 Å². The van der Waals surface area contributed by atoms with Gasteiger partial charge < -0.3 is 0 Å². The lowest BCUT2D eigenvalue weighted by atomic mass is 9.98. The third-order valence-electron chi connectivity index (χ3n) is 3.24. The number of hydrogen-bond donors (Lipinski definition) is 2. The van der Waals surface area contributed by atoms with Gasteiger partial charge in [-0.05, 0) is 34.7 Å². The summed E-state index contributed by atoms with van der Waals surface area (Å²) in [6.07, 6.45) is 3.64. The summed E-state index contributed by atoms with van der Waals surface area (Å²) in [7, 11) is 0. The minimum Gasteiger partial charge on any atom is -0.299 e. The number of nitrogens with one attached hydrogen (secondary N) is 1. The fourth-order valence-electron chi connectivity index (χ4n) is 2.24. The predicted molar refractivity (Wildman–Crippen MR) is 83.6 cm³/mol. The van der Waals surface area contributed by atoms with Crippen LogP contribution in [0.3, 0.4) is 0 Å². The third-order valence-corrected chi connectivity index (χ3v) is 3.44. The molecule has 0 aliphatic heterocycles. The highest BCUT2D eigenvalue weighted by molar-refractivity contribution is 7.78. The molecule has 1 heterocycles. The maximum absolute atomic E-state index is 11.5. The Morgan fingerprint density at radius 3 is 2.60 bits per heavy atom. The SMILES string of the molecule is O=C(NS)c1ccc(-c2cccc3cnccc23)cc1. The van der Waals surface area contributed by atoms with Gasteiger partial charge in [-0.2, -0.15) is 0 Å². The number of benzene rings is 2. The minimum absolute atomic E-state index is 0.206. The molecule has 0 spiro atoms. The van der Waals surface area contributed by atoms with Crippen LogP contribution in [0.25, 0.3) is 21.9 Å². The van der Waals surface area contributed by atoms with Crippen LogP contribution in [-0.4, -0.2) is 10.9 Å². The van der Waals surface area contributed by atoms with E-state index in [1.807, 2.05) is 36.5 Å². The summed E-state index contributed by atoms with van der Waals surface area (Å²) in [5.41, 5.74) is 2.78. The van der Waals surface area contributed by atoms with Crippen molar-refractivity contribution < 1.29 is 4.79 Å². The molecule has 2 aromatic carbocycles. The quantitative estimate of drug-likeness (QED) is 0.706.